The highest BCUT2D eigenvalue weighted by Crippen LogP contribution is 2.14. The Morgan fingerprint density at radius 1 is 1.50 bits per heavy atom. The molecule has 0 radical (unpaired) electrons. The zero-order valence-corrected chi connectivity index (χ0v) is 8.62. The van der Waals surface area contributed by atoms with Crippen LogP contribution in [0.25, 0.3) is 5.52 Å². The lowest BCUT2D eigenvalue weighted by Crippen LogP contribution is -2.10. The summed E-state index contributed by atoms with van der Waals surface area (Å²) in [6, 6.07) is 4.15. The number of rotatable bonds is 3. The van der Waals surface area contributed by atoms with Crippen LogP contribution in [0, 0.1) is 6.92 Å². The Labute approximate surface area is 83.7 Å². The molecule has 2 heterocycles. The molecule has 74 valence electrons. The molecular formula is C11H15N3. The van der Waals surface area contributed by atoms with Gasteiger partial charge in [0.2, 0.25) is 0 Å². The van der Waals surface area contributed by atoms with E-state index in [-0.39, 0.29) is 0 Å². The van der Waals surface area contributed by atoms with E-state index in [2.05, 4.69) is 23.4 Å². The molecule has 14 heavy (non-hydrogen) atoms. The SMILES string of the molecule is CNCCc1cnn2cccc(C)c12. The normalized spacial score (nSPS) is 11.0. The Morgan fingerprint density at radius 3 is 3.14 bits per heavy atom. The predicted molar refractivity (Wildman–Crippen MR) is 57.6 cm³/mol. The third kappa shape index (κ3) is 1.51. The minimum absolute atomic E-state index is 0.996. The second-order valence-corrected chi connectivity index (χ2v) is 3.51. The van der Waals surface area contributed by atoms with E-state index >= 15 is 0 Å². The Hall–Kier alpha value is -1.35. The van der Waals surface area contributed by atoms with Crippen LogP contribution in [0.5, 0.6) is 0 Å². The van der Waals surface area contributed by atoms with E-state index < -0.39 is 0 Å². The van der Waals surface area contributed by atoms with Gasteiger partial charge >= 0.3 is 0 Å². The average Bonchev–Trinajstić information content (AvgIpc) is 2.59. The summed E-state index contributed by atoms with van der Waals surface area (Å²) < 4.78 is 1.94. The van der Waals surface area contributed by atoms with Crippen molar-refractivity contribution >= 4 is 5.52 Å². The standard InChI is InChI=1S/C11H15N3/c1-9-4-3-7-14-11(9)10(8-13-14)5-6-12-2/h3-4,7-8,12H,5-6H2,1-2H3. The number of hydrogen-bond acceptors (Lipinski definition) is 2. The predicted octanol–water partition coefficient (Wildman–Crippen LogP) is 1.40. The summed E-state index contributed by atoms with van der Waals surface area (Å²) in [6.07, 6.45) is 4.98. The number of nitrogens with one attached hydrogen (secondary N) is 1. The van der Waals surface area contributed by atoms with Crippen LogP contribution < -0.4 is 5.32 Å². The molecule has 2 aromatic heterocycles. The summed E-state index contributed by atoms with van der Waals surface area (Å²) in [5.74, 6) is 0. The van der Waals surface area contributed by atoms with Gasteiger partial charge in [0.05, 0.1) is 11.7 Å². The van der Waals surface area contributed by atoms with Crippen molar-refractivity contribution in [1.82, 2.24) is 14.9 Å². The lowest BCUT2D eigenvalue weighted by atomic mass is 10.1. The van der Waals surface area contributed by atoms with Crippen molar-refractivity contribution in [3.8, 4) is 0 Å². The van der Waals surface area contributed by atoms with Gasteiger partial charge in [-0.2, -0.15) is 5.10 Å². The van der Waals surface area contributed by atoms with Gasteiger partial charge in [-0.25, -0.2) is 4.52 Å². The van der Waals surface area contributed by atoms with E-state index in [0.29, 0.717) is 0 Å². The number of likely N-dealkylation sites (N-methyl/N-ethyl adjacent to an activating group) is 1. The molecule has 0 atom stereocenters. The Balaban J connectivity index is 2.45. The molecule has 0 aromatic carbocycles. The third-order valence-corrected chi connectivity index (χ3v) is 2.46. The maximum atomic E-state index is 4.32. The largest absolute Gasteiger partial charge is 0.319 e. The number of fused-ring (bicyclic) bond motifs is 1. The number of aryl methyl sites for hydroxylation is 1. The summed E-state index contributed by atoms with van der Waals surface area (Å²) in [5, 5.41) is 7.47. The zero-order valence-electron chi connectivity index (χ0n) is 8.62. The maximum absolute atomic E-state index is 4.32. The van der Waals surface area contributed by atoms with Crippen molar-refractivity contribution in [3.05, 3.63) is 35.7 Å². The highest BCUT2D eigenvalue weighted by atomic mass is 15.2. The third-order valence-electron chi connectivity index (χ3n) is 2.46. The molecule has 0 saturated carbocycles. The van der Waals surface area contributed by atoms with Crippen LogP contribution in [0.15, 0.2) is 24.5 Å². The topological polar surface area (TPSA) is 29.3 Å². The molecule has 0 bridgehead atoms. The van der Waals surface area contributed by atoms with E-state index in [1.165, 1.54) is 16.6 Å². The number of pyridine rings is 1. The fourth-order valence-electron chi connectivity index (χ4n) is 1.74. The first-order valence-corrected chi connectivity index (χ1v) is 4.89. The highest BCUT2D eigenvalue weighted by Gasteiger charge is 2.04. The van der Waals surface area contributed by atoms with E-state index in [1.807, 2.05) is 30.0 Å². The van der Waals surface area contributed by atoms with E-state index in [1.54, 1.807) is 0 Å². The molecule has 0 amide bonds. The monoisotopic (exact) mass is 189 g/mol. The minimum atomic E-state index is 0.996. The van der Waals surface area contributed by atoms with Crippen molar-refractivity contribution in [2.45, 2.75) is 13.3 Å². The van der Waals surface area contributed by atoms with Gasteiger partial charge in [0, 0.05) is 6.20 Å². The molecule has 1 N–H and O–H groups in total. The fraction of sp³-hybridized carbons (Fsp3) is 0.364. The average molecular weight is 189 g/mol. The molecule has 0 aliphatic heterocycles. The van der Waals surface area contributed by atoms with Gasteiger partial charge in [0.25, 0.3) is 0 Å². The molecule has 0 saturated heterocycles. The van der Waals surface area contributed by atoms with Gasteiger partial charge in [-0.15, -0.1) is 0 Å². The summed E-state index contributed by atoms with van der Waals surface area (Å²) in [7, 11) is 1.97. The molecule has 2 aromatic rings. The lowest BCUT2D eigenvalue weighted by molar-refractivity contribution is 0.794. The minimum Gasteiger partial charge on any atom is -0.319 e. The molecule has 0 fully saturated rings. The second kappa shape index (κ2) is 3.80. The second-order valence-electron chi connectivity index (χ2n) is 3.51. The zero-order chi connectivity index (χ0) is 9.97. The van der Waals surface area contributed by atoms with Crippen LogP contribution in [-0.2, 0) is 6.42 Å². The van der Waals surface area contributed by atoms with Crippen molar-refractivity contribution in [2.75, 3.05) is 13.6 Å². The molecule has 0 aliphatic carbocycles. The Kier molecular flexibility index (Phi) is 2.50. The highest BCUT2D eigenvalue weighted by molar-refractivity contribution is 5.59. The first-order valence-electron chi connectivity index (χ1n) is 4.89. The van der Waals surface area contributed by atoms with Crippen molar-refractivity contribution in [3.63, 3.8) is 0 Å². The van der Waals surface area contributed by atoms with Crippen LogP contribution in [0.1, 0.15) is 11.1 Å². The van der Waals surface area contributed by atoms with Crippen molar-refractivity contribution in [1.29, 1.82) is 0 Å². The van der Waals surface area contributed by atoms with Crippen LogP contribution in [0.2, 0.25) is 0 Å². The maximum Gasteiger partial charge on any atom is 0.0723 e. The molecule has 0 aliphatic rings. The van der Waals surface area contributed by atoms with Crippen LogP contribution in [0.4, 0.5) is 0 Å². The van der Waals surface area contributed by atoms with Crippen molar-refractivity contribution < 1.29 is 0 Å². The summed E-state index contributed by atoms with van der Waals surface area (Å²) in [4.78, 5) is 0. The van der Waals surface area contributed by atoms with Gasteiger partial charge in [-0.3, -0.25) is 0 Å². The van der Waals surface area contributed by atoms with Gasteiger partial charge < -0.3 is 5.32 Å². The van der Waals surface area contributed by atoms with E-state index in [9.17, 15) is 0 Å². The first-order chi connectivity index (χ1) is 6.83. The van der Waals surface area contributed by atoms with Gasteiger partial charge in [-0.1, -0.05) is 6.07 Å². The molecule has 0 unspecified atom stereocenters. The van der Waals surface area contributed by atoms with Crippen LogP contribution in [0.3, 0.4) is 0 Å². The van der Waals surface area contributed by atoms with Crippen LogP contribution >= 0.6 is 0 Å². The van der Waals surface area contributed by atoms with Crippen molar-refractivity contribution in [2.24, 2.45) is 0 Å². The molecule has 3 heteroatoms. The van der Waals surface area contributed by atoms with E-state index in [0.717, 1.165) is 13.0 Å². The summed E-state index contributed by atoms with van der Waals surface area (Å²) in [6.45, 7) is 3.12. The smallest absolute Gasteiger partial charge is 0.0723 e. The van der Waals surface area contributed by atoms with Crippen LogP contribution in [-0.4, -0.2) is 23.2 Å². The molecule has 3 nitrogen and oxygen atoms in total. The fourth-order valence-corrected chi connectivity index (χ4v) is 1.74. The molecule has 2 rings (SSSR count). The Bertz CT molecular complexity index is 431. The van der Waals surface area contributed by atoms with Gasteiger partial charge in [0.1, 0.15) is 0 Å². The summed E-state index contributed by atoms with van der Waals surface area (Å²) in [5.41, 5.74) is 3.86. The summed E-state index contributed by atoms with van der Waals surface area (Å²) >= 11 is 0. The number of aromatic nitrogens is 2. The Morgan fingerprint density at radius 2 is 2.36 bits per heavy atom. The van der Waals surface area contributed by atoms with E-state index in [4.69, 9.17) is 0 Å². The quantitative estimate of drug-likeness (QED) is 0.791. The van der Waals surface area contributed by atoms with Gasteiger partial charge in [0.15, 0.2) is 0 Å². The molecule has 0 spiro atoms. The lowest BCUT2D eigenvalue weighted by Gasteiger charge is -2.01. The van der Waals surface area contributed by atoms with Gasteiger partial charge in [-0.05, 0) is 44.1 Å². The number of nitrogens with zero attached hydrogens (tertiary/aromatic N) is 2. The molecular weight excluding hydrogens is 174 g/mol. The number of hydrogen-bond donors (Lipinski definition) is 1. The first kappa shape index (κ1) is 9.21.